The Hall–Kier alpha value is -0.992. The van der Waals surface area contributed by atoms with Crippen molar-refractivity contribution in [1.29, 1.82) is 0 Å². The van der Waals surface area contributed by atoms with Crippen LogP contribution in [-0.2, 0) is 16.5 Å². The molecule has 0 fully saturated rings. The quantitative estimate of drug-likeness (QED) is 0.176. The van der Waals surface area contributed by atoms with Crippen molar-refractivity contribution in [3.8, 4) is 0 Å². The van der Waals surface area contributed by atoms with Crippen molar-refractivity contribution in [2.75, 3.05) is 12.3 Å². The van der Waals surface area contributed by atoms with Gasteiger partial charge in [-0.25, -0.2) is 0 Å². The fraction of sp³-hybridized carbons (Fsp3) is 0.111. The molecule has 0 heterocycles. The van der Waals surface area contributed by atoms with Crippen molar-refractivity contribution in [3.63, 3.8) is 0 Å². The minimum Gasteiger partial charge on any atom is -0.0622 e. The van der Waals surface area contributed by atoms with E-state index < -0.39 is 16.5 Å². The number of benzene rings is 4. The summed E-state index contributed by atoms with van der Waals surface area (Å²) in [5.41, 5.74) is 0. The van der Waals surface area contributed by atoms with E-state index in [1.807, 2.05) is 0 Å². The van der Waals surface area contributed by atoms with Gasteiger partial charge in [-0.3, -0.25) is 0 Å². The van der Waals surface area contributed by atoms with Gasteiger partial charge in [0.1, 0.15) is 0 Å². The number of halogens is 2. The number of hydrogen-bond donors (Lipinski definition) is 0. The Balaban J connectivity index is 0.000000913. The van der Waals surface area contributed by atoms with Crippen LogP contribution in [0.1, 0.15) is 6.42 Å². The summed E-state index contributed by atoms with van der Waals surface area (Å²) in [6.45, 7) is 0. The van der Waals surface area contributed by atoms with Crippen molar-refractivity contribution in [2.24, 2.45) is 0 Å². The molecule has 168 valence electrons. The van der Waals surface area contributed by atoms with Crippen LogP contribution >= 0.6 is 34.7 Å². The van der Waals surface area contributed by atoms with Gasteiger partial charge in [-0.2, -0.15) is 0 Å². The molecule has 4 aromatic rings. The van der Waals surface area contributed by atoms with Gasteiger partial charge in [0.2, 0.25) is 0 Å². The molecule has 0 spiro atoms. The maximum Gasteiger partial charge on any atom is -0.0195 e. The molecule has 32 heavy (non-hydrogen) atoms. The first kappa shape index (κ1) is 25.6. The van der Waals surface area contributed by atoms with Gasteiger partial charge in [-0.05, 0) is 55.8 Å². The SMILES string of the molecule is [Cl][Pt][Cl].c1ccc(P(CCCP(c2ccccc2)c2ccccc2)c2ccccc2)cc1. The van der Waals surface area contributed by atoms with Gasteiger partial charge in [0.15, 0.2) is 0 Å². The molecule has 0 aliphatic heterocycles. The predicted octanol–water partition coefficient (Wildman–Crippen LogP) is 7.02. The van der Waals surface area contributed by atoms with E-state index in [1.54, 1.807) is 0 Å². The van der Waals surface area contributed by atoms with Crippen molar-refractivity contribution < 1.29 is 16.5 Å². The first-order valence-electron chi connectivity index (χ1n) is 10.4. The van der Waals surface area contributed by atoms with E-state index in [4.69, 9.17) is 18.8 Å². The zero-order valence-electron chi connectivity index (χ0n) is 17.6. The Morgan fingerprint density at radius 3 is 0.875 bits per heavy atom. The molecule has 0 aliphatic carbocycles. The van der Waals surface area contributed by atoms with Crippen molar-refractivity contribution in [3.05, 3.63) is 121 Å². The minimum atomic E-state index is -0.472. The standard InChI is InChI=1S/C27H26P2.2ClH.Pt/c1-5-14-24(15-6-1)28(25-16-7-2-8-17-25)22-13-23-29(26-18-9-3-10-19-26)27-20-11-4-12-21-27;;;/h1-12,14-21H,13,22-23H2;2*1H;/q;;;+2/p-2. The molecule has 0 unspecified atom stereocenters. The second-order valence-electron chi connectivity index (χ2n) is 7.04. The van der Waals surface area contributed by atoms with Crippen LogP contribution in [0, 0.1) is 0 Å². The number of rotatable bonds is 8. The molecule has 0 aromatic heterocycles. The van der Waals surface area contributed by atoms with Crippen LogP contribution in [0.4, 0.5) is 0 Å². The molecule has 0 bridgehead atoms. The van der Waals surface area contributed by atoms with E-state index in [1.165, 1.54) is 40.0 Å². The summed E-state index contributed by atoms with van der Waals surface area (Å²) in [6.07, 6.45) is 3.72. The molecule has 5 heteroatoms. The average molecular weight is 678 g/mol. The molecule has 0 aliphatic rings. The average Bonchev–Trinajstić information content (AvgIpc) is 2.87. The van der Waals surface area contributed by atoms with Crippen LogP contribution < -0.4 is 21.2 Å². The van der Waals surface area contributed by atoms with Crippen molar-refractivity contribution in [1.82, 2.24) is 0 Å². The summed E-state index contributed by atoms with van der Waals surface area (Å²) < 4.78 is 0. The van der Waals surface area contributed by atoms with Crippen LogP contribution in [0.5, 0.6) is 0 Å². The Labute approximate surface area is 211 Å². The van der Waals surface area contributed by atoms with E-state index in [2.05, 4.69) is 121 Å². The fourth-order valence-corrected chi connectivity index (χ4v) is 8.59. The third-order valence-electron chi connectivity index (χ3n) is 5.03. The molecule has 0 nitrogen and oxygen atoms in total. The maximum absolute atomic E-state index is 4.88. The Morgan fingerprint density at radius 1 is 0.438 bits per heavy atom. The summed E-state index contributed by atoms with van der Waals surface area (Å²) in [4.78, 5) is 0. The van der Waals surface area contributed by atoms with Gasteiger partial charge in [-0.1, -0.05) is 121 Å². The summed E-state index contributed by atoms with van der Waals surface area (Å²) in [5, 5.41) is 5.94. The van der Waals surface area contributed by atoms with Crippen molar-refractivity contribution >= 4 is 55.9 Å². The Kier molecular flexibility index (Phi) is 12.0. The second kappa shape index (κ2) is 15.0. The predicted molar refractivity (Wildman–Crippen MR) is 144 cm³/mol. The van der Waals surface area contributed by atoms with Crippen LogP contribution in [0.2, 0.25) is 0 Å². The van der Waals surface area contributed by atoms with Gasteiger partial charge in [-0.15, -0.1) is 0 Å². The molecule has 0 N–H and O–H groups in total. The van der Waals surface area contributed by atoms with Crippen LogP contribution in [-0.4, -0.2) is 12.3 Å². The molecule has 0 atom stereocenters. The third kappa shape index (κ3) is 8.10. The normalized spacial score (nSPS) is 10.8. The zero-order chi connectivity index (χ0) is 22.4. The summed E-state index contributed by atoms with van der Waals surface area (Å²) in [5.74, 6) is 0. The Morgan fingerprint density at radius 2 is 0.656 bits per heavy atom. The summed E-state index contributed by atoms with van der Waals surface area (Å²) in [7, 11) is 9.13. The molecule has 0 amide bonds. The van der Waals surface area contributed by atoms with E-state index in [-0.39, 0.29) is 15.8 Å². The van der Waals surface area contributed by atoms with E-state index in [0.717, 1.165) is 0 Å². The maximum atomic E-state index is 4.88. The van der Waals surface area contributed by atoms with Crippen molar-refractivity contribution in [2.45, 2.75) is 6.42 Å². The van der Waals surface area contributed by atoms with Gasteiger partial charge in [0.05, 0.1) is 0 Å². The minimum absolute atomic E-state index is 0.309. The first-order chi connectivity index (χ1) is 15.8. The van der Waals surface area contributed by atoms with Gasteiger partial charge < -0.3 is 0 Å². The molecular formula is C27H26Cl2P2Pt. The topological polar surface area (TPSA) is 0 Å². The molecule has 4 rings (SSSR count). The van der Waals surface area contributed by atoms with E-state index in [0.29, 0.717) is 0 Å². The second-order valence-corrected chi connectivity index (χ2v) is 15.0. The third-order valence-corrected chi connectivity index (χ3v) is 10.2. The molecule has 0 radical (unpaired) electrons. The first-order valence-corrected chi connectivity index (χ1v) is 19.1. The van der Waals surface area contributed by atoms with Crippen LogP contribution in [0.15, 0.2) is 121 Å². The number of hydrogen-bond acceptors (Lipinski definition) is 0. The smallest absolute Gasteiger partial charge is 0.0195 e. The van der Waals surface area contributed by atoms with Gasteiger partial charge in [0, 0.05) is 0 Å². The summed E-state index contributed by atoms with van der Waals surface area (Å²) in [6, 6.07) is 44.3. The van der Waals surface area contributed by atoms with E-state index >= 15 is 0 Å². The monoisotopic (exact) mass is 677 g/mol. The largest absolute Gasteiger partial charge is 0.0622 e. The fourth-order valence-electron chi connectivity index (χ4n) is 3.63. The zero-order valence-corrected chi connectivity index (χ0v) is 23.2. The molecule has 0 saturated heterocycles. The Bertz CT molecular complexity index is 841. The molecule has 4 aromatic carbocycles. The molecule has 0 saturated carbocycles. The van der Waals surface area contributed by atoms with Crippen LogP contribution in [0.3, 0.4) is 0 Å². The van der Waals surface area contributed by atoms with E-state index in [9.17, 15) is 0 Å². The molecular weight excluding hydrogens is 652 g/mol. The van der Waals surface area contributed by atoms with Gasteiger partial charge in [0.25, 0.3) is 0 Å². The summed E-state index contributed by atoms with van der Waals surface area (Å²) >= 11 is -0.472. The van der Waals surface area contributed by atoms with Crippen LogP contribution in [0.25, 0.3) is 0 Å². The van der Waals surface area contributed by atoms with Gasteiger partial charge >= 0.3 is 35.3 Å².